The van der Waals surface area contributed by atoms with Crippen LogP contribution in [0.2, 0.25) is 0 Å². The average Bonchev–Trinajstić information content (AvgIpc) is 2.98. The Kier molecular flexibility index (Phi) is 3.28. The second kappa shape index (κ2) is 5.28. The highest BCUT2D eigenvalue weighted by atomic mass is 32.2. The summed E-state index contributed by atoms with van der Waals surface area (Å²) >= 11 is 1.89. The van der Waals surface area contributed by atoms with Gasteiger partial charge in [-0.3, -0.25) is 0 Å². The van der Waals surface area contributed by atoms with Crippen LogP contribution in [0.25, 0.3) is 0 Å². The molecule has 3 nitrogen and oxygen atoms in total. The predicted molar refractivity (Wildman–Crippen MR) is 84.3 cm³/mol. The molecule has 0 aromatic heterocycles. The van der Waals surface area contributed by atoms with Gasteiger partial charge >= 0.3 is 0 Å². The van der Waals surface area contributed by atoms with Crippen molar-refractivity contribution in [2.75, 3.05) is 19.0 Å². The number of nitrogens with two attached hydrogens (primary N) is 1. The SMILES string of the molecule is NC(c1ccc2c(c1)OCCO2)C1CSc2ccccc21. The first-order chi connectivity index (χ1) is 10.3. The fourth-order valence-electron chi connectivity index (χ4n) is 2.98. The lowest BCUT2D eigenvalue weighted by Gasteiger charge is -2.23. The molecular weight excluding hydrogens is 282 g/mol. The van der Waals surface area contributed by atoms with Crippen LogP contribution in [-0.2, 0) is 0 Å². The van der Waals surface area contributed by atoms with Gasteiger partial charge in [-0.05, 0) is 29.3 Å². The Bertz CT molecular complexity index is 674. The third-order valence-electron chi connectivity index (χ3n) is 4.12. The summed E-state index contributed by atoms with van der Waals surface area (Å²) in [5.41, 5.74) is 9.02. The second-order valence-electron chi connectivity index (χ2n) is 5.38. The first-order valence-electron chi connectivity index (χ1n) is 7.20. The maximum atomic E-state index is 6.54. The van der Waals surface area contributed by atoms with Crippen molar-refractivity contribution in [2.24, 2.45) is 5.73 Å². The first-order valence-corrected chi connectivity index (χ1v) is 8.18. The second-order valence-corrected chi connectivity index (χ2v) is 6.45. The lowest BCUT2D eigenvalue weighted by atomic mass is 9.89. The molecule has 4 rings (SSSR count). The molecule has 2 heterocycles. The van der Waals surface area contributed by atoms with Gasteiger partial charge in [0.05, 0.1) is 0 Å². The summed E-state index contributed by atoms with van der Waals surface area (Å²) in [6, 6.07) is 14.6. The van der Waals surface area contributed by atoms with Crippen molar-refractivity contribution >= 4 is 11.8 Å². The lowest BCUT2D eigenvalue weighted by Crippen LogP contribution is -2.21. The molecule has 0 spiro atoms. The summed E-state index contributed by atoms with van der Waals surface area (Å²) < 4.78 is 11.2. The monoisotopic (exact) mass is 299 g/mol. The highest BCUT2D eigenvalue weighted by Gasteiger charge is 2.29. The number of hydrogen-bond acceptors (Lipinski definition) is 4. The van der Waals surface area contributed by atoms with Gasteiger partial charge in [-0.1, -0.05) is 24.3 Å². The zero-order chi connectivity index (χ0) is 14.2. The van der Waals surface area contributed by atoms with E-state index in [4.69, 9.17) is 15.2 Å². The van der Waals surface area contributed by atoms with Crippen LogP contribution in [0.5, 0.6) is 11.5 Å². The Labute approximate surface area is 128 Å². The quantitative estimate of drug-likeness (QED) is 0.923. The molecule has 0 saturated heterocycles. The number of fused-ring (bicyclic) bond motifs is 2. The maximum Gasteiger partial charge on any atom is 0.161 e. The standard InChI is InChI=1S/C17H17NO2S/c18-17(13-10-21-16-4-2-1-3-12(13)16)11-5-6-14-15(9-11)20-8-7-19-14/h1-6,9,13,17H,7-8,10,18H2. The molecule has 2 aromatic rings. The van der Waals surface area contributed by atoms with Crippen molar-refractivity contribution in [3.63, 3.8) is 0 Å². The van der Waals surface area contributed by atoms with Crippen LogP contribution in [-0.4, -0.2) is 19.0 Å². The Hall–Kier alpha value is -1.65. The van der Waals surface area contributed by atoms with E-state index < -0.39 is 0 Å². The zero-order valence-electron chi connectivity index (χ0n) is 11.6. The molecule has 2 aliphatic heterocycles. The van der Waals surface area contributed by atoms with Gasteiger partial charge in [-0.15, -0.1) is 11.8 Å². The van der Waals surface area contributed by atoms with Gasteiger partial charge in [-0.2, -0.15) is 0 Å². The summed E-state index contributed by atoms with van der Waals surface area (Å²) in [4.78, 5) is 1.36. The fraction of sp³-hybridized carbons (Fsp3) is 0.294. The number of ether oxygens (including phenoxy) is 2. The van der Waals surface area contributed by atoms with Crippen molar-refractivity contribution in [1.82, 2.24) is 0 Å². The van der Waals surface area contributed by atoms with Gasteiger partial charge in [0.1, 0.15) is 13.2 Å². The normalized spacial score (nSPS) is 20.9. The molecule has 2 N–H and O–H groups in total. The van der Waals surface area contributed by atoms with Crippen molar-refractivity contribution in [3.05, 3.63) is 53.6 Å². The fourth-order valence-corrected chi connectivity index (χ4v) is 4.29. The summed E-state index contributed by atoms with van der Waals surface area (Å²) in [5.74, 6) is 3.02. The van der Waals surface area contributed by atoms with Crippen LogP contribution >= 0.6 is 11.8 Å². The van der Waals surface area contributed by atoms with E-state index in [1.165, 1.54) is 10.5 Å². The third kappa shape index (κ3) is 2.28. The van der Waals surface area contributed by atoms with E-state index in [0.717, 1.165) is 22.8 Å². The first kappa shape index (κ1) is 13.0. The molecule has 4 heteroatoms. The van der Waals surface area contributed by atoms with Crippen molar-refractivity contribution in [3.8, 4) is 11.5 Å². The Balaban J connectivity index is 1.65. The Morgan fingerprint density at radius 1 is 1.05 bits per heavy atom. The summed E-state index contributed by atoms with van der Waals surface area (Å²) in [6.45, 7) is 1.22. The minimum absolute atomic E-state index is 0.0167. The summed E-state index contributed by atoms with van der Waals surface area (Å²) in [7, 11) is 0. The molecule has 2 aromatic carbocycles. The number of rotatable bonds is 2. The molecule has 2 atom stereocenters. The van der Waals surface area contributed by atoms with Crippen molar-refractivity contribution in [2.45, 2.75) is 16.9 Å². The number of benzene rings is 2. The maximum absolute atomic E-state index is 6.54. The molecule has 0 saturated carbocycles. The van der Waals surface area contributed by atoms with E-state index in [-0.39, 0.29) is 6.04 Å². The van der Waals surface area contributed by atoms with Gasteiger partial charge in [0.25, 0.3) is 0 Å². The van der Waals surface area contributed by atoms with Crippen LogP contribution in [0, 0.1) is 0 Å². The van der Waals surface area contributed by atoms with Crippen LogP contribution in [0.4, 0.5) is 0 Å². The summed E-state index contributed by atoms with van der Waals surface area (Å²) in [5, 5.41) is 0. The predicted octanol–water partition coefficient (Wildman–Crippen LogP) is 3.35. The van der Waals surface area contributed by atoms with Crippen molar-refractivity contribution < 1.29 is 9.47 Å². The van der Waals surface area contributed by atoms with Gasteiger partial charge in [-0.25, -0.2) is 0 Å². The Morgan fingerprint density at radius 3 is 2.76 bits per heavy atom. The van der Waals surface area contributed by atoms with Gasteiger partial charge in [0.2, 0.25) is 0 Å². The molecule has 0 fully saturated rings. The van der Waals surface area contributed by atoms with Crippen LogP contribution in [0.1, 0.15) is 23.1 Å². The lowest BCUT2D eigenvalue weighted by molar-refractivity contribution is 0.171. The zero-order valence-corrected chi connectivity index (χ0v) is 12.4. The highest BCUT2D eigenvalue weighted by molar-refractivity contribution is 7.99. The minimum atomic E-state index is -0.0167. The largest absolute Gasteiger partial charge is 0.486 e. The van der Waals surface area contributed by atoms with E-state index in [9.17, 15) is 0 Å². The molecule has 0 aliphatic carbocycles. The van der Waals surface area contributed by atoms with E-state index in [1.54, 1.807) is 0 Å². The van der Waals surface area contributed by atoms with Gasteiger partial charge in [0.15, 0.2) is 11.5 Å². The van der Waals surface area contributed by atoms with Crippen LogP contribution in [0.3, 0.4) is 0 Å². The molecule has 2 unspecified atom stereocenters. The van der Waals surface area contributed by atoms with E-state index in [0.29, 0.717) is 19.1 Å². The smallest absolute Gasteiger partial charge is 0.161 e. The Morgan fingerprint density at radius 2 is 1.86 bits per heavy atom. The van der Waals surface area contributed by atoms with Gasteiger partial charge < -0.3 is 15.2 Å². The third-order valence-corrected chi connectivity index (χ3v) is 5.33. The van der Waals surface area contributed by atoms with E-state index in [2.05, 4.69) is 30.3 Å². The molecule has 21 heavy (non-hydrogen) atoms. The van der Waals surface area contributed by atoms with Gasteiger partial charge in [0, 0.05) is 22.6 Å². The van der Waals surface area contributed by atoms with Crippen LogP contribution < -0.4 is 15.2 Å². The van der Waals surface area contributed by atoms with Crippen LogP contribution in [0.15, 0.2) is 47.4 Å². The summed E-state index contributed by atoms with van der Waals surface area (Å²) in [6.07, 6.45) is 0. The van der Waals surface area contributed by atoms with Crippen molar-refractivity contribution in [1.29, 1.82) is 0 Å². The molecular formula is C17H17NO2S. The molecule has 108 valence electrons. The molecule has 0 amide bonds. The number of hydrogen-bond donors (Lipinski definition) is 1. The molecule has 2 aliphatic rings. The molecule has 0 radical (unpaired) electrons. The average molecular weight is 299 g/mol. The minimum Gasteiger partial charge on any atom is -0.486 e. The highest BCUT2D eigenvalue weighted by Crippen LogP contribution is 2.45. The molecule has 0 bridgehead atoms. The topological polar surface area (TPSA) is 44.5 Å². The van der Waals surface area contributed by atoms with E-state index in [1.807, 2.05) is 23.9 Å². The number of thioether (sulfide) groups is 1. The van der Waals surface area contributed by atoms with E-state index >= 15 is 0 Å².